The number of hydrogen-bond donors (Lipinski definition) is 2. The molecule has 1 aromatic heterocycles. The molecule has 1 aliphatic rings. The summed E-state index contributed by atoms with van der Waals surface area (Å²) in [5, 5.41) is 15.9. The molecule has 2 aromatic rings. The molecule has 0 saturated heterocycles. The molecule has 17 heavy (non-hydrogen) atoms. The van der Waals surface area contributed by atoms with Gasteiger partial charge in [0.05, 0.1) is 11.1 Å². The molecule has 0 atom stereocenters. The topological polar surface area (TPSA) is 45.1 Å². The van der Waals surface area contributed by atoms with Crippen molar-refractivity contribution in [3.05, 3.63) is 24.3 Å². The van der Waals surface area contributed by atoms with Crippen LogP contribution in [0, 0.1) is 0 Å². The highest BCUT2D eigenvalue weighted by molar-refractivity contribution is 7.11. The van der Waals surface area contributed by atoms with Gasteiger partial charge in [-0.15, -0.1) is 0 Å². The van der Waals surface area contributed by atoms with Crippen LogP contribution in [0.4, 0.5) is 5.00 Å². The Bertz CT molecular complexity index is 517. The highest BCUT2D eigenvalue weighted by atomic mass is 32.1. The standard InChI is InChI=1S/C13H16N2OS/c16-13(7-3-4-8-13)9-14-12-10-5-1-2-6-11(10)15-17-12/h1-2,5-6,14,16H,3-4,7-9H2. The number of benzene rings is 1. The van der Waals surface area contributed by atoms with E-state index in [4.69, 9.17) is 0 Å². The summed E-state index contributed by atoms with van der Waals surface area (Å²) in [5.74, 6) is 0. The molecule has 0 unspecified atom stereocenters. The number of aliphatic hydroxyl groups is 1. The van der Waals surface area contributed by atoms with Crippen LogP contribution in [0.15, 0.2) is 24.3 Å². The molecule has 3 nitrogen and oxygen atoms in total. The van der Waals surface area contributed by atoms with Crippen LogP contribution in [0.5, 0.6) is 0 Å². The summed E-state index contributed by atoms with van der Waals surface area (Å²) >= 11 is 1.47. The van der Waals surface area contributed by atoms with Crippen molar-refractivity contribution >= 4 is 27.4 Å². The molecular formula is C13H16N2OS. The van der Waals surface area contributed by atoms with Crippen molar-refractivity contribution in [2.75, 3.05) is 11.9 Å². The van der Waals surface area contributed by atoms with Crippen LogP contribution in [0.25, 0.3) is 10.9 Å². The normalized spacial score (nSPS) is 18.6. The number of fused-ring (bicyclic) bond motifs is 1. The highest BCUT2D eigenvalue weighted by Gasteiger charge is 2.30. The number of nitrogens with one attached hydrogen (secondary N) is 1. The average Bonchev–Trinajstić information content (AvgIpc) is 2.94. The van der Waals surface area contributed by atoms with E-state index in [9.17, 15) is 5.11 Å². The first-order valence-electron chi connectivity index (χ1n) is 6.08. The molecule has 4 heteroatoms. The Morgan fingerprint density at radius 3 is 2.88 bits per heavy atom. The van der Waals surface area contributed by atoms with E-state index in [1.165, 1.54) is 11.5 Å². The van der Waals surface area contributed by atoms with Gasteiger partial charge in [0.2, 0.25) is 0 Å². The molecule has 1 fully saturated rings. The Balaban J connectivity index is 1.76. The minimum absolute atomic E-state index is 0.509. The average molecular weight is 248 g/mol. The summed E-state index contributed by atoms with van der Waals surface area (Å²) in [6.45, 7) is 0.638. The summed E-state index contributed by atoms with van der Waals surface area (Å²) in [5.41, 5.74) is 0.517. The fourth-order valence-corrected chi connectivity index (χ4v) is 3.23. The molecule has 0 radical (unpaired) electrons. The molecule has 1 heterocycles. The van der Waals surface area contributed by atoms with Crippen molar-refractivity contribution in [1.29, 1.82) is 0 Å². The predicted octanol–water partition coefficient (Wildman–Crippen LogP) is 3.01. The third kappa shape index (κ3) is 2.15. The van der Waals surface area contributed by atoms with Crippen LogP contribution in [-0.4, -0.2) is 21.6 Å². The zero-order chi connectivity index (χ0) is 11.7. The summed E-state index contributed by atoms with van der Waals surface area (Å²) in [4.78, 5) is 0. The lowest BCUT2D eigenvalue weighted by Gasteiger charge is -2.22. The molecule has 0 amide bonds. The second kappa shape index (κ2) is 4.27. The summed E-state index contributed by atoms with van der Waals surface area (Å²) in [6.07, 6.45) is 4.11. The van der Waals surface area contributed by atoms with Crippen molar-refractivity contribution in [2.45, 2.75) is 31.3 Å². The van der Waals surface area contributed by atoms with Gasteiger partial charge < -0.3 is 10.4 Å². The van der Waals surface area contributed by atoms with Crippen molar-refractivity contribution in [2.24, 2.45) is 0 Å². The fraction of sp³-hybridized carbons (Fsp3) is 0.462. The van der Waals surface area contributed by atoms with Gasteiger partial charge in [-0.05, 0) is 36.5 Å². The second-order valence-corrected chi connectivity index (χ2v) is 5.59. The van der Waals surface area contributed by atoms with Crippen LogP contribution in [0.2, 0.25) is 0 Å². The Labute approximate surface area is 105 Å². The van der Waals surface area contributed by atoms with Gasteiger partial charge in [0, 0.05) is 11.9 Å². The molecule has 1 aliphatic carbocycles. The molecule has 90 valence electrons. The Kier molecular flexibility index (Phi) is 2.76. The van der Waals surface area contributed by atoms with Gasteiger partial charge in [-0.2, -0.15) is 4.37 Å². The largest absolute Gasteiger partial charge is 0.388 e. The first-order valence-corrected chi connectivity index (χ1v) is 6.85. The van der Waals surface area contributed by atoms with Gasteiger partial charge in [0.1, 0.15) is 5.00 Å². The van der Waals surface area contributed by atoms with Crippen LogP contribution < -0.4 is 5.32 Å². The quantitative estimate of drug-likeness (QED) is 0.877. The third-order valence-corrected chi connectivity index (χ3v) is 4.33. The minimum Gasteiger partial charge on any atom is -0.388 e. The second-order valence-electron chi connectivity index (χ2n) is 4.81. The highest BCUT2D eigenvalue weighted by Crippen LogP contribution is 2.32. The zero-order valence-electron chi connectivity index (χ0n) is 9.65. The first-order chi connectivity index (χ1) is 8.27. The van der Waals surface area contributed by atoms with E-state index in [0.717, 1.165) is 41.6 Å². The lowest BCUT2D eigenvalue weighted by molar-refractivity contribution is 0.0616. The number of rotatable bonds is 3. The maximum atomic E-state index is 10.3. The predicted molar refractivity (Wildman–Crippen MR) is 71.5 cm³/mol. The van der Waals surface area contributed by atoms with Gasteiger partial charge in [-0.3, -0.25) is 0 Å². The third-order valence-electron chi connectivity index (χ3n) is 3.50. The van der Waals surface area contributed by atoms with Crippen molar-refractivity contribution in [3.8, 4) is 0 Å². The Hall–Kier alpha value is -1.13. The van der Waals surface area contributed by atoms with Crippen molar-refractivity contribution < 1.29 is 5.11 Å². The van der Waals surface area contributed by atoms with E-state index in [-0.39, 0.29) is 0 Å². The molecule has 0 bridgehead atoms. The van der Waals surface area contributed by atoms with Gasteiger partial charge in [0.25, 0.3) is 0 Å². The van der Waals surface area contributed by atoms with Gasteiger partial charge >= 0.3 is 0 Å². The Morgan fingerprint density at radius 2 is 2.06 bits per heavy atom. The van der Waals surface area contributed by atoms with Crippen molar-refractivity contribution in [1.82, 2.24) is 4.37 Å². The van der Waals surface area contributed by atoms with E-state index >= 15 is 0 Å². The first kappa shape index (κ1) is 11.0. The number of hydrogen-bond acceptors (Lipinski definition) is 4. The minimum atomic E-state index is -0.509. The van der Waals surface area contributed by atoms with Crippen LogP contribution >= 0.6 is 11.5 Å². The van der Waals surface area contributed by atoms with Crippen LogP contribution in [0.1, 0.15) is 25.7 Å². The summed E-state index contributed by atoms with van der Waals surface area (Å²) in [7, 11) is 0. The molecular weight excluding hydrogens is 232 g/mol. The van der Waals surface area contributed by atoms with Gasteiger partial charge in [-0.1, -0.05) is 25.0 Å². The summed E-state index contributed by atoms with van der Waals surface area (Å²) in [6, 6.07) is 8.10. The smallest absolute Gasteiger partial charge is 0.117 e. The van der Waals surface area contributed by atoms with Crippen molar-refractivity contribution in [3.63, 3.8) is 0 Å². The lowest BCUT2D eigenvalue weighted by Crippen LogP contribution is -2.33. The van der Waals surface area contributed by atoms with E-state index in [1.54, 1.807) is 0 Å². The molecule has 1 saturated carbocycles. The number of aromatic nitrogens is 1. The maximum Gasteiger partial charge on any atom is 0.117 e. The van der Waals surface area contributed by atoms with Gasteiger partial charge in [0.15, 0.2) is 0 Å². The van der Waals surface area contributed by atoms with Crippen LogP contribution in [0.3, 0.4) is 0 Å². The molecule has 1 aromatic carbocycles. The maximum absolute atomic E-state index is 10.3. The zero-order valence-corrected chi connectivity index (χ0v) is 10.5. The monoisotopic (exact) mass is 248 g/mol. The number of anilines is 1. The van der Waals surface area contributed by atoms with Gasteiger partial charge in [-0.25, -0.2) is 0 Å². The molecule has 3 rings (SSSR count). The summed E-state index contributed by atoms with van der Waals surface area (Å²) < 4.78 is 4.38. The molecule has 2 N–H and O–H groups in total. The van der Waals surface area contributed by atoms with E-state index < -0.39 is 5.60 Å². The lowest BCUT2D eigenvalue weighted by atomic mass is 10.0. The number of nitrogens with zero attached hydrogens (tertiary/aromatic N) is 1. The fourth-order valence-electron chi connectivity index (χ4n) is 2.47. The molecule has 0 spiro atoms. The SMILES string of the molecule is OC1(CNc2snc3ccccc23)CCCC1. The van der Waals surface area contributed by atoms with Crippen LogP contribution in [-0.2, 0) is 0 Å². The van der Waals surface area contributed by atoms with E-state index in [2.05, 4.69) is 15.8 Å². The van der Waals surface area contributed by atoms with E-state index in [1.807, 2.05) is 18.2 Å². The van der Waals surface area contributed by atoms with E-state index in [0.29, 0.717) is 6.54 Å². The Morgan fingerprint density at radius 1 is 1.29 bits per heavy atom. The molecule has 0 aliphatic heterocycles.